The Bertz CT molecular complexity index is 791. The number of carbonyl (C=O) groups excluding carboxylic acids is 1. The second-order valence-corrected chi connectivity index (χ2v) is 7.49. The SMILES string of the molecule is COC(=O)c1nn(-c2ccccc2)c2c1[C@H]1CC[C@@]2(C)C1(C)C. The fourth-order valence-corrected chi connectivity index (χ4v) is 4.72. The first-order valence-corrected chi connectivity index (χ1v) is 8.19. The molecular formula is C19H22N2O2. The standard InChI is InChI=1S/C19H22N2O2/c1-18(2)13-10-11-19(18,3)16-14(13)15(17(22)23-4)20-21(16)12-8-6-5-7-9-12/h5-9,13H,10-11H2,1-4H3/t13-,19-/m1/s1. The lowest BCUT2D eigenvalue weighted by Gasteiger charge is -2.35. The number of nitrogens with zero attached hydrogens (tertiary/aromatic N) is 2. The van der Waals surface area contributed by atoms with Crippen LogP contribution in [-0.2, 0) is 10.2 Å². The summed E-state index contributed by atoms with van der Waals surface area (Å²) in [5, 5.41) is 4.67. The lowest BCUT2D eigenvalue weighted by molar-refractivity contribution is 0.0591. The van der Waals surface area contributed by atoms with E-state index in [9.17, 15) is 4.79 Å². The van der Waals surface area contributed by atoms with Crippen molar-refractivity contribution in [2.75, 3.05) is 7.11 Å². The molecule has 120 valence electrons. The molecule has 1 aromatic carbocycles. The zero-order chi connectivity index (χ0) is 16.4. The number of fused-ring (bicyclic) bond motifs is 5. The van der Waals surface area contributed by atoms with Crippen molar-refractivity contribution in [2.24, 2.45) is 5.41 Å². The van der Waals surface area contributed by atoms with Gasteiger partial charge in [-0.3, -0.25) is 0 Å². The van der Waals surface area contributed by atoms with Gasteiger partial charge in [0, 0.05) is 11.0 Å². The third kappa shape index (κ3) is 1.61. The molecule has 0 aliphatic heterocycles. The molecule has 1 fully saturated rings. The van der Waals surface area contributed by atoms with E-state index in [0.29, 0.717) is 11.6 Å². The average Bonchev–Trinajstić information content (AvgIpc) is 3.10. The largest absolute Gasteiger partial charge is 0.464 e. The van der Waals surface area contributed by atoms with Crippen LogP contribution in [-0.4, -0.2) is 22.9 Å². The number of rotatable bonds is 2. The molecule has 23 heavy (non-hydrogen) atoms. The summed E-state index contributed by atoms with van der Waals surface area (Å²) in [4.78, 5) is 12.3. The summed E-state index contributed by atoms with van der Waals surface area (Å²) in [6.45, 7) is 6.96. The average molecular weight is 310 g/mol. The first kappa shape index (κ1) is 14.5. The highest BCUT2D eigenvalue weighted by Crippen LogP contribution is 2.68. The van der Waals surface area contributed by atoms with Gasteiger partial charge in [0.15, 0.2) is 5.69 Å². The van der Waals surface area contributed by atoms with E-state index in [1.54, 1.807) is 0 Å². The predicted molar refractivity (Wildman–Crippen MR) is 88.0 cm³/mol. The molecule has 2 bridgehead atoms. The minimum absolute atomic E-state index is 0.0299. The lowest BCUT2D eigenvalue weighted by atomic mass is 9.70. The third-order valence-corrected chi connectivity index (χ3v) is 6.40. The van der Waals surface area contributed by atoms with Crippen LogP contribution in [0.5, 0.6) is 0 Å². The number of carbonyl (C=O) groups is 1. The number of esters is 1. The van der Waals surface area contributed by atoms with Gasteiger partial charge in [-0.25, -0.2) is 9.48 Å². The fraction of sp³-hybridized carbons (Fsp3) is 0.474. The van der Waals surface area contributed by atoms with Gasteiger partial charge in [-0.2, -0.15) is 5.10 Å². The van der Waals surface area contributed by atoms with Gasteiger partial charge in [-0.05, 0) is 36.3 Å². The van der Waals surface area contributed by atoms with E-state index in [1.807, 2.05) is 35.0 Å². The molecule has 0 radical (unpaired) electrons. The molecule has 0 N–H and O–H groups in total. The Hall–Kier alpha value is -2.10. The van der Waals surface area contributed by atoms with Crippen molar-refractivity contribution in [1.29, 1.82) is 0 Å². The van der Waals surface area contributed by atoms with Crippen LogP contribution in [0.4, 0.5) is 0 Å². The van der Waals surface area contributed by atoms with Crippen LogP contribution in [0, 0.1) is 5.41 Å². The van der Waals surface area contributed by atoms with Crippen molar-refractivity contribution in [1.82, 2.24) is 9.78 Å². The summed E-state index contributed by atoms with van der Waals surface area (Å²) in [5.74, 6) is 0.0388. The minimum atomic E-state index is -0.331. The molecular weight excluding hydrogens is 288 g/mol. The highest BCUT2D eigenvalue weighted by atomic mass is 16.5. The first-order chi connectivity index (χ1) is 10.9. The Balaban J connectivity index is 2.03. The zero-order valence-electron chi connectivity index (χ0n) is 14.1. The van der Waals surface area contributed by atoms with Crippen molar-refractivity contribution in [2.45, 2.75) is 44.9 Å². The van der Waals surface area contributed by atoms with Gasteiger partial charge in [-0.1, -0.05) is 39.0 Å². The van der Waals surface area contributed by atoms with E-state index < -0.39 is 0 Å². The number of methoxy groups -OCH3 is 1. The second kappa shape index (κ2) is 4.47. The summed E-state index contributed by atoms with van der Waals surface area (Å²) in [6.07, 6.45) is 2.25. The molecule has 1 heterocycles. The van der Waals surface area contributed by atoms with E-state index >= 15 is 0 Å². The van der Waals surface area contributed by atoms with E-state index in [-0.39, 0.29) is 16.8 Å². The topological polar surface area (TPSA) is 44.1 Å². The Morgan fingerprint density at radius 2 is 1.96 bits per heavy atom. The van der Waals surface area contributed by atoms with Gasteiger partial charge in [0.25, 0.3) is 0 Å². The van der Waals surface area contributed by atoms with Crippen LogP contribution in [0.25, 0.3) is 5.69 Å². The summed E-state index contributed by atoms with van der Waals surface area (Å²) < 4.78 is 6.98. The highest BCUT2D eigenvalue weighted by Gasteiger charge is 2.63. The molecule has 4 heteroatoms. The van der Waals surface area contributed by atoms with Gasteiger partial charge in [0.05, 0.1) is 18.5 Å². The molecule has 0 amide bonds. The lowest BCUT2D eigenvalue weighted by Crippen LogP contribution is -2.33. The number of aromatic nitrogens is 2. The van der Waals surface area contributed by atoms with Crippen LogP contribution in [0.15, 0.2) is 30.3 Å². The van der Waals surface area contributed by atoms with Gasteiger partial charge in [-0.15, -0.1) is 0 Å². The number of ether oxygens (including phenoxy) is 1. The molecule has 1 aromatic heterocycles. The van der Waals surface area contributed by atoms with Crippen LogP contribution in [0.2, 0.25) is 0 Å². The maximum Gasteiger partial charge on any atom is 0.358 e. The quantitative estimate of drug-likeness (QED) is 0.792. The second-order valence-electron chi connectivity index (χ2n) is 7.49. The molecule has 1 saturated carbocycles. The maximum atomic E-state index is 12.3. The predicted octanol–water partition coefficient (Wildman–Crippen LogP) is 3.83. The monoisotopic (exact) mass is 310 g/mol. The maximum absolute atomic E-state index is 12.3. The molecule has 4 rings (SSSR count). The van der Waals surface area contributed by atoms with Crippen LogP contribution < -0.4 is 0 Å². The van der Waals surface area contributed by atoms with Gasteiger partial charge >= 0.3 is 5.97 Å². The number of hydrogen-bond acceptors (Lipinski definition) is 3. The van der Waals surface area contributed by atoms with E-state index in [4.69, 9.17) is 4.74 Å². The van der Waals surface area contributed by atoms with Gasteiger partial charge in [0.1, 0.15) is 0 Å². The zero-order valence-corrected chi connectivity index (χ0v) is 14.1. The number of hydrogen-bond donors (Lipinski definition) is 0. The Morgan fingerprint density at radius 1 is 1.26 bits per heavy atom. The van der Waals surface area contributed by atoms with E-state index in [1.165, 1.54) is 12.8 Å². The van der Waals surface area contributed by atoms with Crippen molar-refractivity contribution in [3.05, 3.63) is 47.3 Å². The van der Waals surface area contributed by atoms with Gasteiger partial charge < -0.3 is 4.74 Å². The van der Waals surface area contributed by atoms with Crippen molar-refractivity contribution in [3.63, 3.8) is 0 Å². The smallest absolute Gasteiger partial charge is 0.358 e. The number of para-hydroxylation sites is 1. The first-order valence-electron chi connectivity index (χ1n) is 8.19. The van der Waals surface area contributed by atoms with E-state index in [0.717, 1.165) is 24.1 Å². The van der Waals surface area contributed by atoms with Gasteiger partial charge in [0.2, 0.25) is 0 Å². The molecule has 0 saturated heterocycles. The van der Waals surface area contributed by atoms with Crippen LogP contribution >= 0.6 is 0 Å². The molecule has 2 aliphatic rings. The van der Waals surface area contributed by atoms with Crippen molar-refractivity contribution < 1.29 is 9.53 Å². The van der Waals surface area contributed by atoms with Crippen LogP contribution in [0.3, 0.4) is 0 Å². The summed E-state index contributed by atoms with van der Waals surface area (Å²) >= 11 is 0. The highest BCUT2D eigenvalue weighted by molar-refractivity contribution is 5.90. The Kier molecular flexibility index (Phi) is 2.81. The van der Waals surface area contributed by atoms with E-state index in [2.05, 4.69) is 25.9 Å². The molecule has 2 atom stereocenters. The summed E-state index contributed by atoms with van der Waals surface area (Å²) in [6, 6.07) is 10.1. The van der Waals surface area contributed by atoms with Crippen LogP contribution in [0.1, 0.15) is 61.3 Å². The van der Waals surface area contributed by atoms with Crippen molar-refractivity contribution in [3.8, 4) is 5.69 Å². The summed E-state index contributed by atoms with van der Waals surface area (Å²) in [7, 11) is 1.43. The minimum Gasteiger partial charge on any atom is -0.464 e. The molecule has 0 unspecified atom stereocenters. The third-order valence-electron chi connectivity index (χ3n) is 6.40. The van der Waals surface area contributed by atoms with Crippen molar-refractivity contribution >= 4 is 5.97 Å². The Morgan fingerprint density at radius 3 is 2.61 bits per heavy atom. The fourth-order valence-electron chi connectivity index (χ4n) is 4.72. The molecule has 2 aromatic rings. The summed E-state index contributed by atoms with van der Waals surface area (Å²) in [5.41, 5.74) is 3.96. The molecule has 2 aliphatic carbocycles. The number of benzene rings is 1. The Labute approximate surface area is 136 Å². The molecule has 4 nitrogen and oxygen atoms in total. The molecule has 0 spiro atoms. The normalized spacial score (nSPS) is 27.0.